The molecule has 2 aliphatic carbocycles. The first-order valence-electron chi connectivity index (χ1n) is 12.6. The van der Waals surface area contributed by atoms with Gasteiger partial charge < -0.3 is 19.3 Å². The maximum absolute atomic E-state index is 13.5. The van der Waals surface area contributed by atoms with E-state index >= 15 is 0 Å². The average molecular weight is 555 g/mol. The second-order valence-electron chi connectivity index (χ2n) is 9.72. The van der Waals surface area contributed by atoms with Crippen molar-refractivity contribution in [2.75, 3.05) is 13.2 Å². The standard InChI is InChI=1S/C18H17F3O2.C11H11F3O2/c19-15-6-7-16(18(21)17(15)20)23-11-13-8-14(9-13)22-10-12-4-2-1-3-5-12;12-8-1-2-9(11(14)10(8)13)16-5-6-3-7(15)4-6/h1-7,13-14H,8-11H2;1-2,6-7,15H,3-5H2. The lowest BCUT2D eigenvalue weighted by molar-refractivity contribution is -0.0508. The van der Waals surface area contributed by atoms with Gasteiger partial charge in [-0.05, 0) is 67.3 Å². The fourth-order valence-electron chi connectivity index (χ4n) is 4.23. The zero-order chi connectivity index (χ0) is 27.9. The molecule has 2 fully saturated rings. The van der Waals surface area contributed by atoms with Gasteiger partial charge in [-0.3, -0.25) is 0 Å². The number of ether oxygens (including phenoxy) is 3. The van der Waals surface area contributed by atoms with E-state index in [1.165, 1.54) is 0 Å². The molecule has 10 heteroatoms. The molecule has 0 aromatic heterocycles. The minimum absolute atomic E-state index is 0.155. The molecule has 2 saturated carbocycles. The van der Waals surface area contributed by atoms with E-state index in [4.69, 9.17) is 19.3 Å². The van der Waals surface area contributed by atoms with Crippen LogP contribution in [0.4, 0.5) is 26.3 Å². The van der Waals surface area contributed by atoms with E-state index in [-0.39, 0.29) is 48.8 Å². The van der Waals surface area contributed by atoms with Crippen molar-refractivity contribution in [1.29, 1.82) is 0 Å². The van der Waals surface area contributed by atoms with Crippen LogP contribution < -0.4 is 9.47 Å². The highest BCUT2D eigenvalue weighted by atomic mass is 19.2. The summed E-state index contributed by atoms with van der Waals surface area (Å²) in [7, 11) is 0. The normalized spacial score (nSPS) is 21.7. The second kappa shape index (κ2) is 13.2. The van der Waals surface area contributed by atoms with Gasteiger partial charge in [-0.2, -0.15) is 8.78 Å². The maximum Gasteiger partial charge on any atom is 0.203 e. The van der Waals surface area contributed by atoms with Crippen LogP contribution in [0.3, 0.4) is 0 Å². The molecule has 0 spiro atoms. The molecule has 4 nitrogen and oxygen atoms in total. The van der Waals surface area contributed by atoms with E-state index in [0.717, 1.165) is 42.7 Å². The Bertz CT molecular complexity index is 1230. The molecule has 3 aromatic rings. The number of rotatable bonds is 9. The Morgan fingerprint density at radius 2 is 1.10 bits per heavy atom. The van der Waals surface area contributed by atoms with Gasteiger partial charge in [-0.25, -0.2) is 17.6 Å². The summed E-state index contributed by atoms with van der Waals surface area (Å²) >= 11 is 0. The van der Waals surface area contributed by atoms with Crippen LogP contribution in [0.2, 0.25) is 0 Å². The van der Waals surface area contributed by atoms with Crippen LogP contribution in [-0.4, -0.2) is 30.5 Å². The highest BCUT2D eigenvalue weighted by molar-refractivity contribution is 5.27. The van der Waals surface area contributed by atoms with Crippen LogP contribution in [-0.2, 0) is 11.3 Å². The summed E-state index contributed by atoms with van der Waals surface area (Å²) < 4.78 is 93.9. The Labute approximate surface area is 222 Å². The largest absolute Gasteiger partial charge is 0.490 e. The van der Waals surface area contributed by atoms with Crippen LogP contribution in [0.15, 0.2) is 54.6 Å². The van der Waals surface area contributed by atoms with E-state index in [1.54, 1.807) is 0 Å². The van der Waals surface area contributed by atoms with Crippen molar-refractivity contribution in [2.45, 2.75) is 44.5 Å². The molecular weight excluding hydrogens is 526 g/mol. The number of hydrogen-bond donors (Lipinski definition) is 1. The van der Waals surface area contributed by atoms with Crippen molar-refractivity contribution in [1.82, 2.24) is 0 Å². The van der Waals surface area contributed by atoms with Crippen molar-refractivity contribution >= 4 is 0 Å². The van der Waals surface area contributed by atoms with Gasteiger partial charge in [0.2, 0.25) is 11.6 Å². The van der Waals surface area contributed by atoms with E-state index in [9.17, 15) is 26.3 Å². The third kappa shape index (κ3) is 7.67. The number of aliphatic hydroxyl groups excluding tert-OH is 1. The van der Waals surface area contributed by atoms with Gasteiger partial charge in [-0.15, -0.1) is 0 Å². The van der Waals surface area contributed by atoms with Crippen molar-refractivity contribution in [3.8, 4) is 11.5 Å². The fraction of sp³-hybridized carbons (Fsp3) is 0.379. The van der Waals surface area contributed by atoms with Gasteiger partial charge in [0.1, 0.15) is 0 Å². The number of hydrogen-bond acceptors (Lipinski definition) is 4. The minimum Gasteiger partial charge on any atom is -0.490 e. The first kappa shape index (κ1) is 28.8. The quantitative estimate of drug-likeness (QED) is 0.235. The zero-order valence-electron chi connectivity index (χ0n) is 20.9. The van der Waals surface area contributed by atoms with Crippen molar-refractivity contribution in [3.05, 3.63) is 95.1 Å². The molecule has 0 amide bonds. The Kier molecular flexibility index (Phi) is 9.74. The summed E-state index contributed by atoms with van der Waals surface area (Å²) in [5.41, 5.74) is 1.12. The summed E-state index contributed by atoms with van der Waals surface area (Å²) in [5, 5.41) is 9.01. The van der Waals surface area contributed by atoms with Gasteiger partial charge in [0.25, 0.3) is 0 Å². The highest BCUT2D eigenvalue weighted by Gasteiger charge is 2.31. The predicted molar refractivity (Wildman–Crippen MR) is 130 cm³/mol. The summed E-state index contributed by atoms with van der Waals surface area (Å²) in [6.45, 7) is 1.04. The molecule has 1 N–H and O–H groups in total. The van der Waals surface area contributed by atoms with Crippen LogP contribution in [0, 0.1) is 46.7 Å². The van der Waals surface area contributed by atoms with Gasteiger partial charge in [0.05, 0.1) is 32.0 Å². The van der Waals surface area contributed by atoms with E-state index < -0.39 is 34.9 Å². The molecule has 0 aliphatic heterocycles. The smallest absolute Gasteiger partial charge is 0.203 e. The summed E-state index contributed by atoms with van der Waals surface area (Å²) in [6, 6.07) is 13.7. The van der Waals surface area contributed by atoms with Crippen molar-refractivity contribution in [3.63, 3.8) is 0 Å². The van der Waals surface area contributed by atoms with E-state index in [2.05, 4.69) is 0 Å². The highest BCUT2D eigenvalue weighted by Crippen LogP contribution is 2.32. The molecule has 5 rings (SSSR count). The molecule has 0 radical (unpaired) electrons. The SMILES string of the molecule is Fc1ccc(OCC2CC(OCc3ccccc3)C2)c(F)c1F.OC1CC(COc2ccc(F)c(F)c2F)C1. The van der Waals surface area contributed by atoms with Crippen LogP contribution in [0.25, 0.3) is 0 Å². The molecule has 0 heterocycles. The lowest BCUT2D eigenvalue weighted by Gasteiger charge is -2.34. The zero-order valence-corrected chi connectivity index (χ0v) is 20.9. The van der Waals surface area contributed by atoms with Crippen LogP contribution >= 0.6 is 0 Å². The number of benzene rings is 3. The van der Waals surface area contributed by atoms with Crippen molar-refractivity contribution < 1.29 is 45.7 Å². The summed E-state index contributed by atoms with van der Waals surface area (Å²) in [5.74, 6) is -8.20. The second-order valence-corrected chi connectivity index (χ2v) is 9.72. The van der Waals surface area contributed by atoms with Gasteiger partial charge >= 0.3 is 0 Å². The summed E-state index contributed by atoms with van der Waals surface area (Å²) in [4.78, 5) is 0. The Morgan fingerprint density at radius 1 is 0.615 bits per heavy atom. The molecule has 3 aromatic carbocycles. The Balaban J connectivity index is 0.000000193. The molecule has 0 atom stereocenters. The lowest BCUT2D eigenvalue weighted by atomic mass is 9.83. The van der Waals surface area contributed by atoms with Gasteiger partial charge in [-0.1, -0.05) is 30.3 Å². The first-order valence-corrected chi connectivity index (χ1v) is 12.6. The Hall–Kier alpha value is -3.24. The molecule has 0 saturated heterocycles. The third-order valence-corrected chi connectivity index (χ3v) is 6.68. The molecule has 210 valence electrons. The average Bonchev–Trinajstić information content (AvgIpc) is 2.89. The monoisotopic (exact) mass is 554 g/mol. The number of aliphatic hydroxyl groups is 1. The van der Waals surface area contributed by atoms with E-state index in [1.807, 2.05) is 30.3 Å². The molecule has 0 bridgehead atoms. The van der Waals surface area contributed by atoms with E-state index in [0.29, 0.717) is 19.4 Å². The topological polar surface area (TPSA) is 47.9 Å². The molecular formula is C29H28F6O4. The molecule has 0 unspecified atom stereocenters. The van der Waals surface area contributed by atoms with Crippen molar-refractivity contribution in [2.24, 2.45) is 11.8 Å². The lowest BCUT2D eigenvalue weighted by Crippen LogP contribution is -2.34. The number of halogens is 6. The fourth-order valence-corrected chi connectivity index (χ4v) is 4.23. The van der Waals surface area contributed by atoms with Gasteiger partial charge in [0.15, 0.2) is 34.8 Å². The van der Waals surface area contributed by atoms with Crippen LogP contribution in [0.1, 0.15) is 31.2 Å². The Morgan fingerprint density at radius 3 is 1.59 bits per heavy atom. The third-order valence-electron chi connectivity index (χ3n) is 6.68. The molecule has 39 heavy (non-hydrogen) atoms. The predicted octanol–water partition coefficient (Wildman–Crippen LogP) is 6.73. The summed E-state index contributed by atoms with van der Waals surface area (Å²) in [6.07, 6.45) is 2.69. The van der Waals surface area contributed by atoms with Crippen LogP contribution in [0.5, 0.6) is 11.5 Å². The van der Waals surface area contributed by atoms with Gasteiger partial charge in [0, 0.05) is 0 Å². The minimum atomic E-state index is -1.52. The molecule has 2 aliphatic rings. The first-order chi connectivity index (χ1) is 18.7. The maximum atomic E-state index is 13.5.